The van der Waals surface area contributed by atoms with E-state index in [9.17, 15) is 14.4 Å². The summed E-state index contributed by atoms with van der Waals surface area (Å²) in [5.41, 5.74) is -0.619. The average molecular weight is 307 g/mol. The van der Waals surface area contributed by atoms with Gasteiger partial charge in [0.25, 0.3) is 5.91 Å². The van der Waals surface area contributed by atoms with Gasteiger partial charge in [0, 0.05) is 26.1 Å². The molecule has 0 fully saturated rings. The standard InChI is InChI=1S/C13H17N5O4/c1-13(2,12(21)22)18-7-8(6-14-18)15-11(20)9-4-5-10(19)17(3)16-9/h6-7H,4-5H2,1-3H3,(H,15,20)(H,21,22). The Bertz CT molecular complexity index is 661. The molecule has 0 aliphatic carbocycles. The molecule has 2 rings (SSSR count). The van der Waals surface area contributed by atoms with E-state index in [0.717, 1.165) is 5.01 Å². The van der Waals surface area contributed by atoms with Crippen molar-refractivity contribution in [3.05, 3.63) is 12.4 Å². The first-order valence-electron chi connectivity index (χ1n) is 6.65. The topological polar surface area (TPSA) is 117 Å². The van der Waals surface area contributed by atoms with Crippen molar-refractivity contribution in [3.63, 3.8) is 0 Å². The third-order valence-corrected chi connectivity index (χ3v) is 3.41. The summed E-state index contributed by atoms with van der Waals surface area (Å²) in [6.07, 6.45) is 3.29. The van der Waals surface area contributed by atoms with Gasteiger partial charge in [0.1, 0.15) is 5.71 Å². The van der Waals surface area contributed by atoms with E-state index in [2.05, 4.69) is 15.5 Å². The molecular weight excluding hydrogens is 290 g/mol. The van der Waals surface area contributed by atoms with Crippen LogP contribution in [0.15, 0.2) is 17.5 Å². The second-order valence-corrected chi connectivity index (χ2v) is 5.46. The third-order valence-electron chi connectivity index (χ3n) is 3.41. The van der Waals surface area contributed by atoms with E-state index in [0.29, 0.717) is 5.69 Å². The molecule has 0 radical (unpaired) electrons. The fourth-order valence-corrected chi connectivity index (χ4v) is 1.83. The molecule has 1 aliphatic heterocycles. The Morgan fingerprint density at radius 2 is 2.05 bits per heavy atom. The van der Waals surface area contributed by atoms with Crippen LogP contribution in [0, 0.1) is 0 Å². The summed E-state index contributed by atoms with van der Waals surface area (Å²) in [7, 11) is 1.49. The van der Waals surface area contributed by atoms with E-state index in [4.69, 9.17) is 5.11 Å². The first-order chi connectivity index (χ1) is 10.2. The number of nitrogens with zero attached hydrogens (tertiary/aromatic N) is 4. The summed E-state index contributed by atoms with van der Waals surface area (Å²) in [5.74, 6) is -1.62. The van der Waals surface area contributed by atoms with Crippen molar-refractivity contribution in [2.75, 3.05) is 12.4 Å². The van der Waals surface area contributed by atoms with Gasteiger partial charge in [0.05, 0.1) is 11.9 Å². The van der Waals surface area contributed by atoms with Gasteiger partial charge in [-0.25, -0.2) is 9.80 Å². The summed E-state index contributed by atoms with van der Waals surface area (Å²) < 4.78 is 1.25. The second kappa shape index (κ2) is 5.58. The average Bonchev–Trinajstić information content (AvgIpc) is 2.90. The van der Waals surface area contributed by atoms with E-state index >= 15 is 0 Å². The number of amides is 2. The Hall–Kier alpha value is -2.71. The number of carboxylic acids is 1. The predicted molar refractivity (Wildman–Crippen MR) is 77.3 cm³/mol. The van der Waals surface area contributed by atoms with E-state index in [-0.39, 0.29) is 24.5 Å². The minimum atomic E-state index is -1.22. The highest BCUT2D eigenvalue weighted by molar-refractivity contribution is 6.43. The number of hydrogen-bond donors (Lipinski definition) is 2. The molecule has 2 heterocycles. The van der Waals surface area contributed by atoms with Crippen LogP contribution < -0.4 is 5.32 Å². The predicted octanol–water partition coefficient (Wildman–Crippen LogP) is 0.249. The maximum absolute atomic E-state index is 12.1. The number of rotatable bonds is 4. The maximum atomic E-state index is 12.1. The maximum Gasteiger partial charge on any atom is 0.331 e. The first-order valence-corrected chi connectivity index (χ1v) is 6.65. The van der Waals surface area contributed by atoms with Crippen LogP contribution in [0.25, 0.3) is 0 Å². The number of carbonyl (C=O) groups excluding carboxylic acids is 2. The molecule has 2 N–H and O–H groups in total. The zero-order valence-electron chi connectivity index (χ0n) is 12.5. The number of carboxylic acid groups (broad SMARTS) is 1. The van der Waals surface area contributed by atoms with Crippen LogP contribution in [-0.2, 0) is 19.9 Å². The Labute approximate surface area is 126 Å². The largest absolute Gasteiger partial charge is 0.479 e. The quantitative estimate of drug-likeness (QED) is 0.827. The van der Waals surface area contributed by atoms with Gasteiger partial charge in [-0.1, -0.05) is 0 Å². The summed E-state index contributed by atoms with van der Waals surface area (Å²) in [5, 5.41) is 20.7. The summed E-state index contributed by atoms with van der Waals surface area (Å²) in [6.45, 7) is 3.00. The Morgan fingerprint density at radius 3 is 2.64 bits per heavy atom. The summed E-state index contributed by atoms with van der Waals surface area (Å²) in [6, 6.07) is 0. The highest BCUT2D eigenvalue weighted by Crippen LogP contribution is 2.17. The molecule has 0 bridgehead atoms. The van der Waals surface area contributed by atoms with Gasteiger partial charge in [0.2, 0.25) is 5.91 Å². The number of anilines is 1. The van der Waals surface area contributed by atoms with Gasteiger partial charge in [-0.3, -0.25) is 14.3 Å². The molecule has 0 unspecified atom stereocenters. The fourth-order valence-electron chi connectivity index (χ4n) is 1.83. The van der Waals surface area contributed by atoms with Gasteiger partial charge in [-0.2, -0.15) is 10.2 Å². The van der Waals surface area contributed by atoms with Crippen LogP contribution in [0.3, 0.4) is 0 Å². The number of hydrogen-bond acceptors (Lipinski definition) is 5. The van der Waals surface area contributed by atoms with Crippen molar-refractivity contribution in [1.29, 1.82) is 0 Å². The van der Waals surface area contributed by atoms with Crippen LogP contribution in [0.1, 0.15) is 26.7 Å². The molecule has 0 saturated heterocycles. The van der Waals surface area contributed by atoms with Crippen LogP contribution in [0.5, 0.6) is 0 Å². The molecule has 0 atom stereocenters. The molecule has 2 amide bonds. The number of hydrazone groups is 1. The van der Waals surface area contributed by atoms with Crippen LogP contribution in [0.2, 0.25) is 0 Å². The SMILES string of the molecule is CN1N=C(C(=O)Nc2cnn(C(C)(C)C(=O)O)c2)CCC1=O. The van der Waals surface area contributed by atoms with Crippen molar-refractivity contribution in [1.82, 2.24) is 14.8 Å². The molecule has 1 aliphatic rings. The van der Waals surface area contributed by atoms with Crippen molar-refractivity contribution in [2.45, 2.75) is 32.2 Å². The van der Waals surface area contributed by atoms with E-state index < -0.39 is 17.4 Å². The Morgan fingerprint density at radius 1 is 1.36 bits per heavy atom. The lowest BCUT2D eigenvalue weighted by atomic mass is 10.1. The number of aromatic nitrogens is 2. The number of aliphatic carboxylic acids is 1. The van der Waals surface area contributed by atoms with E-state index in [1.54, 1.807) is 0 Å². The molecule has 0 spiro atoms. The molecule has 118 valence electrons. The zero-order valence-corrected chi connectivity index (χ0v) is 12.5. The van der Waals surface area contributed by atoms with Crippen molar-refractivity contribution in [2.24, 2.45) is 5.10 Å². The van der Waals surface area contributed by atoms with Gasteiger partial charge < -0.3 is 10.4 Å². The van der Waals surface area contributed by atoms with Crippen LogP contribution in [0.4, 0.5) is 5.69 Å². The highest BCUT2D eigenvalue weighted by Gasteiger charge is 2.30. The van der Waals surface area contributed by atoms with Crippen LogP contribution in [-0.4, -0.2) is 50.4 Å². The Balaban J connectivity index is 2.11. The lowest BCUT2D eigenvalue weighted by molar-refractivity contribution is -0.146. The summed E-state index contributed by atoms with van der Waals surface area (Å²) in [4.78, 5) is 34.6. The van der Waals surface area contributed by atoms with Gasteiger partial charge in [0.15, 0.2) is 5.54 Å². The normalized spacial score (nSPS) is 15.5. The van der Waals surface area contributed by atoms with Gasteiger partial charge in [-0.05, 0) is 13.8 Å². The zero-order chi connectivity index (χ0) is 16.5. The molecular formula is C13H17N5O4. The molecule has 9 nitrogen and oxygen atoms in total. The lowest BCUT2D eigenvalue weighted by Crippen LogP contribution is -2.36. The minimum absolute atomic E-state index is 0.146. The smallest absolute Gasteiger partial charge is 0.331 e. The van der Waals surface area contributed by atoms with Crippen molar-refractivity contribution in [3.8, 4) is 0 Å². The van der Waals surface area contributed by atoms with Crippen LogP contribution >= 0.6 is 0 Å². The molecule has 0 aromatic carbocycles. The second-order valence-electron chi connectivity index (χ2n) is 5.46. The number of nitrogens with one attached hydrogen (secondary N) is 1. The molecule has 1 aromatic heterocycles. The minimum Gasteiger partial charge on any atom is -0.479 e. The third kappa shape index (κ3) is 2.97. The van der Waals surface area contributed by atoms with Crippen molar-refractivity contribution < 1.29 is 19.5 Å². The lowest BCUT2D eigenvalue weighted by Gasteiger charge is -2.19. The molecule has 9 heteroatoms. The monoisotopic (exact) mass is 307 g/mol. The van der Waals surface area contributed by atoms with E-state index in [1.807, 2.05) is 0 Å². The first kappa shape index (κ1) is 15.7. The highest BCUT2D eigenvalue weighted by atomic mass is 16.4. The molecule has 22 heavy (non-hydrogen) atoms. The van der Waals surface area contributed by atoms with Crippen molar-refractivity contribution >= 4 is 29.2 Å². The number of carbonyl (C=O) groups is 3. The molecule has 1 aromatic rings. The van der Waals surface area contributed by atoms with E-state index in [1.165, 1.54) is 38.0 Å². The molecule has 0 saturated carbocycles. The Kier molecular flexibility index (Phi) is 3.98. The van der Waals surface area contributed by atoms with Gasteiger partial charge in [-0.15, -0.1) is 0 Å². The summed E-state index contributed by atoms with van der Waals surface area (Å²) >= 11 is 0. The fraction of sp³-hybridized carbons (Fsp3) is 0.462. The van der Waals surface area contributed by atoms with Gasteiger partial charge >= 0.3 is 5.97 Å².